The lowest BCUT2D eigenvalue weighted by atomic mass is 10.1. The molecule has 1 aliphatic carbocycles. The van der Waals surface area contributed by atoms with Crippen LogP contribution in [0.5, 0.6) is 0 Å². The average Bonchev–Trinajstić information content (AvgIpc) is 3.26. The number of aromatic nitrogens is 2. The topological polar surface area (TPSA) is 64.0 Å². The molecule has 0 unspecified atom stereocenters. The molecule has 0 saturated heterocycles. The van der Waals surface area contributed by atoms with Crippen LogP contribution >= 0.6 is 11.8 Å². The van der Waals surface area contributed by atoms with Gasteiger partial charge in [0.2, 0.25) is 0 Å². The third-order valence-electron chi connectivity index (χ3n) is 4.85. The van der Waals surface area contributed by atoms with Crippen LogP contribution in [0.15, 0.2) is 58.6 Å². The van der Waals surface area contributed by atoms with E-state index in [0.29, 0.717) is 17.4 Å². The summed E-state index contributed by atoms with van der Waals surface area (Å²) in [6, 6.07) is 14.2. The number of nitrogens with one attached hydrogen (secondary N) is 1. The molecule has 0 saturated carbocycles. The van der Waals surface area contributed by atoms with Gasteiger partial charge in [0, 0.05) is 24.2 Å². The number of hydrogen-bond donors (Lipinski definition) is 1. The van der Waals surface area contributed by atoms with Gasteiger partial charge in [-0.15, -0.1) is 0 Å². The number of fused-ring (bicyclic) bond motifs is 4. The molecular weight excluding hydrogens is 346 g/mol. The Labute approximate surface area is 154 Å². The van der Waals surface area contributed by atoms with Crippen molar-refractivity contribution < 1.29 is 4.79 Å². The van der Waals surface area contributed by atoms with E-state index in [9.17, 15) is 9.59 Å². The van der Waals surface area contributed by atoms with Gasteiger partial charge in [0.05, 0.1) is 0 Å². The maximum absolute atomic E-state index is 12.6. The molecule has 0 spiro atoms. The summed E-state index contributed by atoms with van der Waals surface area (Å²) >= 11 is 1.53. The first-order chi connectivity index (χ1) is 12.7. The van der Waals surface area contributed by atoms with Crippen LogP contribution in [0.25, 0.3) is 11.1 Å². The summed E-state index contributed by atoms with van der Waals surface area (Å²) in [4.78, 5) is 29.3. The molecule has 2 aliphatic rings. The van der Waals surface area contributed by atoms with E-state index < -0.39 is 5.91 Å². The van der Waals surface area contributed by atoms with Crippen LogP contribution in [0.1, 0.15) is 21.5 Å². The summed E-state index contributed by atoms with van der Waals surface area (Å²) in [5.41, 5.74) is 5.44. The summed E-state index contributed by atoms with van der Waals surface area (Å²) < 4.78 is 1.57. The lowest BCUT2D eigenvalue weighted by molar-refractivity contribution is 0.102. The highest BCUT2D eigenvalue weighted by atomic mass is 32.2. The van der Waals surface area contributed by atoms with E-state index in [4.69, 9.17) is 0 Å². The van der Waals surface area contributed by atoms with Crippen molar-refractivity contribution in [3.05, 3.63) is 75.7 Å². The van der Waals surface area contributed by atoms with Crippen LogP contribution in [0.3, 0.4) is 0 Å². The fourth-order valence-electron chi connectivity index (χ4n) is 3.59. The maximum Gasteiger partial charge on any atom is 0.267 e. The minimum atomic E-state index is -0.412. The lowest BCUT2D eigenvalue weighted by Gasteiger charge is -2.08. The number of hydrogen-bond acceptors (Lipinski definition) is 4. The first-order valence-corrected chi connectivity index (χ1v) is 9.44. The summed E-state index contributed by atoms with van der Waals surface area (Å²) in [6.07, 6.45) is 2.24. The van der Waals surface area contributed by atoms with E-state index in [0.717, 1.165) is 12.2 Å². The quantitative estimate of drug-likeness (QED) is 0.557. The number of thioether (sulfide) groups is 1. The van der Waals surface area contributed by atoms with E-state index >= 15 is 0 Å². The van der Waals surface area contributed by atoms with E-state index in [1.54, 1.807) is 4.57 Å². The van der Waals surface area contributed by atoms with Crippen molar-refractivity contribution in [1.82, 2.24) is 9.55 Å². The van der Waals surface area contributed by atoms with Crippen LogP contribution in [0.2, 0.25) is 0 Å². The number of benzene rings is 2. The summed E-state index contributed by atoms with van der Waals surface area (Å²) in [5.74, 6) is 0.406. The second-order valence-corrected chi connectivity index (χ2v) is 7.48. The maximum atomic E-state index is 12.6. The van der Waals surface area contributed by atoms with Gasteiger partial charge in [0.25, 0.3) is 11.5 Å². The SMILES string of the molecule is O=C(Nc1ccc2c(c1)Cc1ccccc1-2)c1cnc2n(c1=O)CCS2. The predicted molar refractivity (Wildman–Crippen MR) is 102 cm³/mol. The monoisotopic (exact) mass is 361 g/mol. The fraction of sp³-hybridized carbons (Fsp3) is 0.150. The van der Waals surface area contributed by atoms with Gasteiger partial charge < -0.3 is 5.32 Å². The summed E-state index contributed by atoms with van der Waals surface area (Å²) in [5, 5.41) is 3.53. The Morgan fingerprint density at radius 2 is 1.96 bits per heavy atom. The van der Waals surface area contributed by atoms with E-state index in [1.807, 2.05) is 30.3 Å². The standard InChI is InChI=1S/C20H15N3O2S/c24-18(17-11-21-20-23(19(17)25)7-8-26-20)22-14-5-6-16-13(10-14)9-12-3-1-2-4-15(12)16/h1-6,10-11H,7-9H2,(H,22,24). The van der Waals surface area contributed by atoms with Crippen LogP contribution in [0, 0.1) is 0 Å². The summed E-state index contributed by atoms with van der Waals surface area (Å²) in [7, 11) is 0. The van der Waals surface area contributed by atoms with Crippen LogP contribution < -0.4 is 10.9 Å². The van der Waals surface area contributed by atoms with Crippen molar-refractivity contribution in [3.8, 4) is 11.1 Å². The predicted octanol–water partition coefficient (Wildman–Crippen LogP) is 3.17. The van der Waals surface area contributed by atoms with Gasteiger partial charge in [-0.3, -0.25) is 14.2 Å². The average molecular weight is 361 g/mol. The molecule has 26 heavy (non-hydrogen) atoms. The van der Waals surface area contributed by atoms with Gasteiger partial charge in [0.1, 0.15) is 5.56 Å². The van der Waals surface area contributed by atoms with E-state index in [2.05, 4.69) is 22.4 Å². The molecule has 1 amide bonds. The van der Waals surface area contributed by atoms with Gasteiger partial charge in [0.15, 0.2) is 5.16 Å². The first kappa shape index (κ1) is 15.4. The smallest absolute Gasteiger partial charge is 0.267 e. The number of anilines is 1. The van der Waals surface area contributed by atoms with Crippen LogP contribution in [-0.4, -0.2) is 21.2 Å². The number of carbonyl (C=O) groups is 1. The molecule has 0 radical (unpaired) electrons. The lowest BCUT2D eigenvalue weighted by Crippen LogP contribution is -2.29. The summed E-state index contributed by atoms with van der Waals surface area (Å²) in [6.45, 7) is 0.601. The fourth-order valence-corrected chi connectivity index (χ4v) is 4.51. The van der Waals surface area contributed by atoms with Crippen molar-refractivity contribution in [2.75, 3.05) is 11.1 Å². The Balaban J connectivity index is 1.44. The van der Waals surface area contributed by atoms with E-state index in [1.165, 1.54) is 40.2 Å². The van der Waals surface area contributed by atoms with Crippen molar-refractivity contribution in [2.24, 2.45) is 0 Å². The second kappa shape index (κ2) is 5.85. The third kappa shape index (κ3) is 2.37. The van der Waals surface area contributed by atoms with Crippen molar-refractivity contribution in [2.45, 2.75) is 18.1 Å². The highest BCUT2D eigenvalue weighted by Crippen LogP contribution is 2.37. The molecule has 2 heterocycles. The molecule has 3 aromatic rings. The van der Waals surface area contributed by atoms with Gasteiger partial charge in [-0.1, -0.05) is 42.1 Å². The van der Waals surface area contributed by atoms with Crippen molar-refractivity contribution in [3.63, 3.8) is 0 Å². The van der Waals surface area contributed by atoms with Gasteiger partial charge in [-0.05, 0) is 40.8 Å². The number of carbonyl (C=O) groups excluding carboxylic acids is 1. The Morgan fingerprint density at radius 1 is 1.12 bits per heavy atom. The van der Waals surface area contributed by atoms with Crippen LogP contribution in [-0.2, 0) is 13.0 Å². The van der Waals surface area contributed by atoms with Crippen molar-refractivity contribution >= 4 is 23.4 Å². The second-order valence-electron chi connectivity index (χ2n) is 6.42. The minimum absolute atomic E-state index is 0.0834. The molecule has 1 N–H and O–H groups in total. The molecule has 0 fully saturated rings. The molecule has 0 bridgehead atoms. The molecule has 1 aromatic heterocycles. The largest absolute Gasteiger partial charge is 0.322 e. The minimum Gasteiger partial charge on any atom is -0.322 e. The highest BCUT2D eigenvalue weighted by Gasteiger charge is 2.21. The Morgan fingerprint density at radius 3 is 2.88 bits per heavy atom. The van der Waals surface area contributed by atoms with Gasteiger partial charge >= 0.3 is 0 Å². The highest BCUT2D eigenvalue weighted by molar-refractivity contribution is 7.99. The number of nitrogens with zero attached hydrogens (tertiary/aromatic N) is 2. The molecular formula is C20H15N3O2S. The zero-order chi connectivity index (χ0) is 17.7. The zero-order valence-corrected chi connectivity index (χ0v) is 14.7. The number of rotatable bonds is 2. The zero-order valence-electron chi connectivity index (χ0n) is 13.9. The molecule has 2 aromatic carbocycles. The number of amides is 1. The molecule has 5 rings (SSSR count). The normalized spacial score (nSPS) is 13.8. The third-order valence-corrected chi connectivity index (χ3v) is 5.82. The first-order valence-electron chi connectivity index (χ1n) is 8.46. The molecule has 128 valence electrons. The Kier molecular flexibility index (Phi) is 3.46. The van der Waals surface area contributed by atoms with Crippen LogP contribution in [0.4, 0.5) is 5.69 Å². The Bertz CT molecular complexity index is 1120. The van der Waals surface area contributed by atoms with Crippen molar-refractivity contribution in [1.29, 1.82) is 0 Å². The molecule has 1 aliphatic heterocycles. The molecule has 0 atom stereocenters. The van der Waals surface area contributed by atoms with Gasteiger partial charge in [-0.2, -0.15) is 0 Å². The Hall–Kier alpha value is -2.86. The van der Waals surface area contributed by atoms with E-state index in [-0.39, 0.29) is 11.1 Å². The van der Waals surface area contributed by atoms with Gasteiger partial charge in [-0.25, -0.2) is 4.98 Å². The molecule has 6 heteroatoms. The molecule has 5 nitrogen and oxygen atoms in total.